The molecule has 1 aliphatic carbocycles. The lowest BCUT2D eigenvalue weighted by Crippen LogP contribution is -2.31. The van der Waals surface area contributed by atoms with Gasteiger partial charge in [0.15, 0.2) is 0 Å². The summed E-state index contributed by atoms with van der Waals surface area (Å²) in [5.74, 6) is -0.462. The van der Waals surface area contributed by atoms with Gasteiger partial charge in [0.25, 0.3) is 5.56 Å². The smallest absolute Gasteiger partial charge is 0.327 e. The van der Waals surface area contributed by atoms with Gasteiger partial charge in [0.2, 0.25) is 0 Å². The maximum absolute atomic E-state index is 13.2. The number of aryl methyl sites for hydroxylation is 1. The number of nitrogens with zero attached hydrogens (tertiary/aromatic N) is 3. The molecule has 1 atom stereocenters. The van der Waals surface area contributed by atoms with Gasteiger partial charge in [-0.3, -0.25) is 9.48 Å². The van der Waals surface area contributed by atoms with Crippen LogP contribution in [-0.4, -0.2) is 25.4 Å². The number of carboxylic acids is 1. The Morgan fingerprint density at radius 1 is 1.23 bits per heavy atom. The highest BCUT2D eigenvalue weighted by Gasteiger charge is 2.31. The first-order valence-corrected chi connectivity index (χ1v) is 10.9. The van der Waals surface area contributed by atoms with Crippen LogP contribution in [0.25, 0.3) is 11.1 Å². The first kappa shape index (κ1) is 21.4. The van der Waals surface area contributed by atoms with Crippen molar-refractivity contribution in [3.63, 3.8) is 0 Å². The van der Waals surface area contributed by atoms with Crippen molar-refractivity contribution in [1.29, 1.82) is 0 Å². The normalized spacial score (nSPS) is 14.7. The van der Waals surface area contributed by atoms with Crippen LogP contribution in [0.4, 0.5) is 0 Å². The van der Waals surface area contributed by atoms with E-state index in [1.807, 2.05) is 18.2 Å². The lowest BCUT2D eigenvalue weighted by Gasteiger charge is -2.20. The number of hydrogen-bond acceptors (Lipinski definition) is 3. The monoisotopic (exact) mass is 439 g/mol. The molecule has 0 radical (unpaired) electrons. The summed E-state index contributed by atoms with van der Waals surface area (Å²) in [5.41, 5.74) is 4.23. The molecule has 162 valence electrons. The number of hydrogen-bond donors (Lipinski definition) is 1. The zero-order chi connectivity index (χ0) is 22.3. The molecule has 1 fully saturated rings. The number of pyridine rings is 1. The van der Waals surface area contributed by atoms with Crippen LogP contribution in [0, 0.1) is 0 Å². The first-order chi connectivity index (χ1) is 14.7. The predicted molar refractivity (Wildman–Crippen MR) is 121 cm³/mol. The minimum absolute atomic E-state index is 0.147. The third-order valence-electron chi connectivity index (χ3n) is 5.85. The minimum Gasteiger partial charge on any atom is -0.480 e. The molecule has 1 aliphatic rings. The number of rotatable bonds is 7. The van der Waals surface area contributed by atoms with Gasteiger partial charge in [-0.25, -0.2) is 4.79 Å². The Kier molecular flexibility index (Phi) is 5.75. The maximum atomic E-state index is 13.2. The summed E-state index contributed by atoms with van der Waals surface area (Å²) in [5, 5.41) is 14.8. The molecule has 1 unspecified atom stereocenters. The largest absolute Gasteiger partial charge is 0.480 e. The minimum atomic E-state index is -1.05. The third kappa shape index (κ3) is 4.44. The number of halogens is 1. The molecule has 0 aliphatic heterocycles. The lowest BCUT2D eigenvalue weighted by atomic mass is 9.89. The maximum Gasteiger partial charge on any atom is 0.327 e. The zero-order valence-electron chi connectivity index (χ0n) is 17.9. The van der Waals surface area contributed by atoms with Gasteiger partial charge in [0.05, 0.1) is 5.69 Å². The van der Waals surface area contributed by atoms with Crippen LogP contribution in [0.1, 0.15) is 61.4 Å². The molecule has 0 amide bonds. The van der Waals surface area contributed by atoms with E-state index in [9.17, 15) is 14.7 Å². The molecule has 3 aromatic rings. The SMILES string of the molecule is CC(C)c1ccc(Cl)cc1-c1cc(=O)n(C(Cc2ccn(C)n2)C(=O)O)cc1C1CC1. The summed E-state index contributed by atoms with van der Waals surface area (Å²) >= 11 is 6.30. The molecular weight excluding hydrogens is 414 g/mol. The van der Waals surface area contributed by atoms with Crippen molar-refractivity contribution in [2.45, 2.75) is 51.0 Å². The molecule has 1 aromatic carbocycles. The summed E-state index contributed by atoms with van der Waals surface area (Å²) in [7, 11) is 1.78. The van der Waals surface area contributed by atoms with Crippen molar-refractivity contribution in [3.8, 4) is 11.1 Å². The van der Waals surface area contributed by atoms with Crippen molar-refractivity contribution in [2.75, 3.05) is 0 Å². The Labute approximate surface area is 186 Å². The van der Waals surface area contributed by atoms with Gasteiger partial charge in [0.1, 0.15) is 6.04 Å². The topological polar surface area (TPSA) is 77.1 Å². The van der Waals surface area contributed by atoms with Crippen LogP contribution >= 0.6 is 11.6 Å². The van der Waals surface area contributed by atoms with Crippen molar-refractivity contribution in [2.24, 2.45) is 7.05 Å². The fourth-order valence-corrected chi connectivity index (χ4v) is 4.27. The van der Waals surface area contributed by atoms with Crippen LogP contribution < -0.4 is 5.56 Å². The van der Waals surface area contributed by atoms with Gasteiger partial charge in [-0.2, -0.15) is 5.10 Å². The van der Waals surface area contributed by atoms with Crippen molar-refractivity contribution in [3.05, 3.63) is 74.9 Å². The first-order valence-electron chi connectivity index (χ1n) is 10.5. The average Bonchev–Trinajstić information content (AvgIpc) is 3.47. The van der Waals surface area contributed by atoms with Gasteiger partial charge in [0, 0.05) is 37.0 Å². The van der Waals surface area contributed by atoms with E-state index in [1.165, 1.54) is 4.57 Å². The number of aliphatic carboxylic acids is 1. The van der Waals surface area contributed by atoms with Crippen LogP contribution in [0.15, 0.2) is 47.5 Å². The second kappa shape index (κ2) is 8.35. The Hall–Kier alpha value is -2.86. The number of carbonyl (C=O) groups is 1. The lowest BCUT2D eigenvalue weighted by molar-refractivity contribution is -0.141. The molecule has 1 N–H and O–H groups in total. The molecule has 1 saturated carbocycles. The second-order valence-electron chi connectivity index (χ2n) is 8.59. The van der Waals surface area contributed by atoms with E-state index in [2.05, 4.69) is 18.9 Å². The quantitative estimate of drug-likeness (QED) is 0.575. The van der Waals surface area contributed by atoms with Crippen LogP contribution in [0.2, 0.25) is 5.02 Å². The molecule has 2 heterocycles. The fraction of sp³-hybridized carbons (Fsp3) is 0.375. The molecule has 4 rings (SSSR count). The number of aromatic nitrogens is 3. The molecule has 6 nitrogen and oxygen atoms in total. The van der Waals surface area contributed by atoms with Crippen LogP contribution in [-0.2, 0) is 18.3 Å². The van der Waals surface area contributed by atoms with Crippen molar-refractivity contribution >= 4 is 17.6 Å². The molecule has 0 spiro atoms. The van der Waals surface area contributed by atoms with Crippen LogP contribution in [0.5, 0.6) is 0 Å². The highest BCUT2D eigenvalue weighted by atomic mass is 35.5. The van der Waals surface area contributed by atoms with Gasteiger partial charge in [-0.15, -0.1) is 0 Å². The molecule has 2 aromatic heterocycles. The second-order valence-corrected chi connectivity index (χ2v) is 9.02. The zero-order valence-corrected chi connectivity index (χ0v) is 18.6. The Morgan fingerprint density at radius 3 is 2.55 bits per heavy atom. The Bertz CT molecular complexity index is 1190. The van der Waals surface area contributed by atoms with E-state index < -0.39 is 12.0 Å². The predicted octanol–water partition coefficient (Wildman–Crippen LogP) is 4.77. The van der Waals surface area contributed by atoms with Gasteiger partial charge < -0.3 is 9.67 Å². The molecule has 0 saturated heterocycles. The van der Waals surface area contributed by atoms with Crippen LogP contribution in [0.3, 0.4) is 0 Å². The Balaban J connectivity index is 1.85. The van der Waals surface area contributed by atoms with Gasteiger partial charge in [-0.05, 0) is 65.1 Å². The molecule has 7 heteroatoms. The van der Waals surface area contributed by atoms with Crippen molar-refractivity contribution < 1.29 is 9.90 Å². The van der Waals surface area contributed by atoms with E-state index in [0.717, 1.165) is 35.1 Å². The fourth-order valence-electron chi connectivity index (χ4n) is 4.10. The number of carboxylic acid groups (broad SMARTS) is 1. The highest BCUT2D eigenvalue weighted by molar-refractivity contribution is 6.30. The average molecular weight is 440 g/mol. The van der Waals surface area contributed by atoms with E-state index in [-0.39, 0.29) is 17.9 Å². The van der Waals surface area contributed by atoms with E-state index in [0.29, 0.717) is 16.6 Å². The summed E-state index contributed by atoms with van der Waals surface area (Å²) in [4.78, 5) is 25.2. The summed E-state index contributed by atoms with van der Waals surface area (Å²) in [6.45, 7) is 4.22. The third-order valence-corrected chi connectivity index (χ3v) is 6.08. The van der Waals surface area contributed by atoms with Gasteiger partial charge >= 0.3 is 5.97 Å². The molecule has 0 bridgehead atoms. The number of benzene rings is 1. The molecule has 31 heavy (non-hydrogen) atoms. The summed E-state index contributed by atoms with van der Waals surface area (Å²) < 4.78 is 2.98. The van der Waals surface area contributed by atoms with E-state index >= 15 is 0 Å². The van der Waals surface area contributed by atoms with Gasteiger partial charge in [-0.1, -0.05) is 31.5 Å². The molecular formula is C24H26ClN3O3. The van der Waals surface area contributed by atoms with E-state index in [1.54, 1.807) is 36.3 Å². The standard InChI is InChI=1S/C24H26ClN3O3/c1-14(2)18-7-6-16(25)10-19(18)20-12-23(29)28(13-21(20)15-4-5-15)22(24(30)31)11-17-8-9-27(3)26-17/h6-10,12-15,22H,4-5,11H2,1-3H3,(H,30,31). The summed E-state index contributed by atoms with van der Waals surface area (Å²) in [6.07, 6.45) is 5.72. The summed E-state index contributed by atoms with van der Waals surface area (Å²) in [6, 6.07) is 8.12. The highest BCUT2D eigenvalue weighted by Crippen LogP contribution is 2.45. The van der Waals surface area contributed by atoms with E-state index in [4.69, 9.17) is 11.6 Å². The Morgan fingerprint density at radius 2 is 1.97 bits per heavy atom. The van der Waals surface area contributed by atoms with Crippen molar-refractivity contribution in [1.82, 2.24) is 14.3 Å².